The standard InChI is InChI=1S/C24H23BrN4O3S/c1-2-3-4-22-28-29-24(33-22)27-23(30)18(16-26)15-17-5-9-20(10-6-17)31-13-14-32-21-11-7-19(25)8-12-21/h5-12,15H,2-4,13-14H2,1H3,(H,27,29,30). The van der Waals surface area contributed by atoms with E-state index in [9.17, 15) is 10.1 Å². The van der Waals surface area contributed by atoms with E-state index in [-0.39, 0.29) is 5.57 Å². The lowest BCUT2D eigenvalue weighted by Gasteiger charge is -2.08. The Bertz CT molecular complexity index is 1120. The Labute approximate surface area is 205 Å². The molecule has 0 unspecified atom stereocenters. The average Bonchev–Trinajstić information content (AvgIpc) is 3.28. The van der Waals surface area contributed by atoms with Crippen LogP contribution in [0.15, 0.2) is 58.6 Å². The number of hydrogen-bond acceptors (Lipinski definition) is 7. The average molecular weight is 527 g/mol. The second-order valence-corrected chi connectivity index (χ2v) is 8.93. The van der Waals surface area contributed by atoms with Gasteiger partial charge in [0.15, 0.2) is 0 Å². The first-order valence-corrected chi connectivity index (χ1v) is 12.0. The topological polar surface area (TPSA) is 97.1 Å². The number of hydrogen-bond donors (Lipinski definition) is 1. The molecule has 0 spiro atoms. The molecule has 0 aliphatic rings. The van der Waals surface area contributed by atoms with Gasteiger partial charge in [0.05, 0.1) is 0 Å². The molecule has 1 amide bonds. The van der Waals surface area contributed by atoms with Crippen molar-refractivity contribution in [3.05, 3.63) is 69.1 Å². The SMILES string of the molecule is CCCCc1nnc(NC(=O)C(C#N)=Cc2ccc(OCCOc3ccc(Br)cc3)cc2)s1. The van der Waals surface area contributed by atoms with E-state index in [1.807, 2.05) is 30.3 Å². The number of aromatic nitrogens is 2. The van der Waals surface area contributed by atoms with Gasteiger partial charge in [-0.15, -0.1) is 10.2 Å². The van der Waals surface area contributed by atoms with Crippen LogP contribution in [-0.4, -0.2) is 29.3 Å². The van der Waals surface area contributed by atoms with Crippen molar-refractivity contribution >= 4 is 44.4 Å². The van der Waals surface area contributed by atoms with Crippen molar-refractivity contribution in [1.29, 1.82) is 5.26 Å². The molecule has 0 bridgehead atoms. The Morgan fingerprint density at radius 1 is 1.09 bits per heavy atom. The molecule has 33 heavy (non-hydrogen) atoms. The molecule has 0 aliphatic carbocycles. The minimum atomic E-state index is -0.513. The van der Waals surface area contributed by atoms with Crippen LogP contribution in [0.25, 0.3) is 6.08 Å². The molecular formula is C24H23BrN4O3S. The monoisotopic (exact) mass is 526 g/mol. The Morgan fingerprint density at radius 3 is 2.33 bits per heavy atom. The maximum Gasteiger partial charge on any atom is 0.268 e. The number of nitriles is 1. The van der Waals surface area contributed by atoms with Crippen LogP contribution in [0.2, 0.25) is 0 Å². The Hall–Kier alpha value is -3.22. The lowest BCUT2D eigenvalue weighted by Crippen LogP contribution is -2.13. The van der Waals surface area contributed by atoms with Crippen LogP contribution < -0.4 is 14.8 Å². The summed E-state index contributed by atoms with van der Waals surface area (Å²) in [5.41, 5.74) is 0.693. The van der Waals surface area contributed by atoms with Gasteiger partial charge in [-0.1, -0.05) is 52.7 Å². The van der Waals surface area contributed by atoms with Gasteiger partial charge in [-0.2, -0.15) is 5.26 Å². The van der Waals surface area contributed by atoms with E-state index in [1.54, 1.807) is 24.3 Å². The third-order valence-electron chi connectivity index (χ3n) is 4.42. The molecule has 9 heteroatoms. The molecule has 0 fully saturated rings. The van der Waals surface area contributed by atoms with Gasteiger partial charge in [-0.05, 0) is 54.5 Å². The first kappa shape index (κ1) is 24.4. The number of carbonyl (C=O) groups excluding carboxylic acids is 1. The molecule has 170 valence electrons. The lowest BCUT2D eigenvalue weighted by atomic mass is 10.1. The Kier molecular flexibility index (Phi) is 9.42. The van der Waals surface area contributed by atoms with Crippen molar-refractivity contribution in [3.63, 3.8) is 0 Å². The smallest absolute Gasteiger partial charge is 0.268 e. The van der Waals surface area contributed by atoms with Crippen molar-refractivity contribution < 1.29 is 14.3 Å². The summed E-state index contributed by atoms with van der Waals surface area (Å²) >= 11 is 4.71. The number of amides is 1. The zero-order valence-corrected chi connectivity index (χ0v) is 20.5. The lowest BCUT2D eigenvalue weighted by molar-refractivity contribution is -0.112. The van der Waals surface area contributed by atoms with E-state index in [4.69, 9.17) is 9.47 Å². The molecule has 1 heterocycles. The van der Waals surface area contributed by atoms with E-state index in [2.05, 4.69) is 38.4 Å². The molecule has 3 aromatic rings. The predicted octanol–water partition coefficient (Wildman–Crippen LogP) is 5.65. The van der Waals surface area contributed by atoms with Crippen LogP contribution in [-0.2, 0) is 11.2 Å². The summed E-state index contributed by atoms with van der Waals surface area (Å²) in [7, 11) is 0. The van der Waals surface area contributed by atoms with Crippen LogP contribution in [0.5, 0.6) is 11.5 Å². The second-order valence-electron chi connectivity index (χ2n) is 6.95. The van der Waals surface area contributed by atoms with Crippen LogP contribution >= 0.6 is 27.3 Å². The summed E-state index contributed by atoms with van der Waals surface area (Å²) < 4.78 is 12.3. The van der Waals surface area contributed by atoms with Gasteiger partial charge in [0.25, 0.3) is 5.91 Å². The summed E-state index contributed by atoms with van der Waals surface area (Å²) in [5, 5.41) is 21.4. The van der Waals surface area contributed by atoms with Crippen molar-refractivity contribution in [2.45, 2.75) is 26.2 Å². The molecule has 1 N–H and O–H groups in total. The molecule has 2 aromatic carbocycles. The summed E-state index contributed by atoms with van der Waals surface area (Å²) in [5.74, 6) is 0.930. The number of halogens is 1. The number of benzene rings is 2. The maximum absolute atomic E-state index is 12.4. The van der Waals surface area contributed by atoms with E-state index in [0.717, 1.165) is 34.5 Å². The Morgan fingerprint density at radius 2 is 1.73 bits per heavy atom. The molecule has 0 atom stereocenters. The molecule has 0 radical (unpaired) electrons. The normalized spacial score (nSPS) is 11.0. The molecular weight excluding hydrogens is 504 g/mol. The largest absolute Gasteiger partial charge is 0.490 e. The van der Waals surface area contributed by atoms with Gasteiger partial charge >= 0.3 is 0 Å². The Balaban J connectivity index is 1.50. The van der Waals surface area contributed by atoms with Crippen molar-refractivity contribution in [2.75, 3.05) is 18.5 Å². The van der Waals surface area contributed by atoms with Crippen LogP contribution in [0, 0.1) is 11.3 Å². The number of nitrogens with one attached hydrogen (secondary N) is 1. The zero-order chi connectivity index (χ0) is 23.5. The van der Waals surface area contributed by atoms with Gasteiger partial charge in [-0.3, -0.25) is 10.1 Å². The number of rotatable bonds is 11. The highest BCUT2D eigenvalue weighted by Crippen LogP contribution is 2.20. The minimum Gasteiger partial charge on any atom is -0.490 e. The first-order valence-electron chi connectivity index (χ1n) is 10.4. The third kappa shape index (κ3) is 8.00. The van der Waals surface area contributed by atoms with Crippen LogP contribution in [0.1, 0.15) is 30.3 Å². The zero-order valence-electron chi connectivity index (χ0n) is 18.1. The molecule has 0 saturated carbocycles. The highest BCUT2D eigenvalue weighted by molar-refractivity contribution is 9.10. The summed E-state index contributed by atoms with van der Waals surface area (Å²) in [6.07, 6.45) is 4.43. The number of aryl methyl sites for hydroxylation is 1. The predicted molar refractivity (Wildman–Crippen MR) is 132 cm³/mol. The van der Waals surface area contributed by atoms with Crippen LogP contribution in [0.3, 0.4) is 0 Å². The molecule has 1 aromatic heterocycles. The molecule has 0 saturated heterocycles. The maximum atomic E-state index is 12.4. The number of nitrogens with zero attached hydrogens (tertiary/aromatic N) is 3. The van der Waals surface area contributed by atoms with E-state index in [0.29, 0.717) is 29.7 Å². The van der Waals surface area contributed by atoms with E-state index < -0.39 is 5.91 Å². The summed E-state index contributed by atoms with van der Waals surface area (Å²) in [4.78, 5) is 12.4. The number of ether oxygens (including phenoxy) is 2. The molecule has 3 rings (SSSR count). The number of unbranched alkanes of at least 4 members (excludes halogenated alkanes) is 1. The highest BCUT2D eigenvalue weighted by Gasteiger charge is 2.13. The van der Waals surface area contributed by atoms with Crippen molar-refractivity contribution in [1.82, 2.24) is 10.2 Å². The minimum absolute atomic E-state index is 0.0168. The number of carbonyl (C=O) groups is 1. The first-order chi connectivity index (χ1) is 16.1. The fourth-order valence-electron chi connectivity index (χ4n) is 2.72. The fourth-order valence-corrected chi connectivity index (χ4v) is 3.76. The van der Waals surface area contributed by atoms with E-state index >= 15 is 0 Å². The summed E-state index contributed by atoms with van der Waals surface area (Å²) in [6, 6.07) is 16.7. The van der Waals surface area contributed by atoms with Gasteiger partial charge < -0.3 is 9.47 Å². The van der Waals surface area contributed by atoms with Gasteiger partial charge in [0.1, 0.15) is 41.4 Å². The van der Waals surface area contributed by atoms with Crippen molar-refractivity contribution in [2.24, 2.45) is 0 Å². The molecule has 0 aliphatic heterocycles. The summed E-state index contributed by atoms with van der Waals surface area (Å²) in [6.45, 7) is 2.90. The van der Waals surface area contributed by atoms with Gasteiger partial charge in [0.2, 0.25) is 5.13 Å². The quantitative estimate of drug-likeness (QED) is 0.197. The third-order valence-corrected chi connectivity index (χ3v) is 5.85. The second kappa shape index (κ2) is 12.7. The molecule has 7 nitrogen and oxygen atoms in total. The van der Waals surface area contributed by atoms with Gasteiger partial charge in [0, 0.05) is 10.9 Å². The fraction of sp³-hybridized carbons (Fsp3) is 0.250. The van der Waals surface area contributed by atoms with Crippen LogP contribution in [0.4, 0.5) is 5.13 Å². The van der Waals surface area contributed by atoms with Gasteiger partial charge in [-0.25, -0.2) is 0 Å². The highest BCUT2D eigenvalue weighted by atomic mass is 79.9. The number of anilines is 1. The van der Waals surface area contributed by atoms with E-state index in [1.165, 1.54) is 17.4 Å². The van der Waals surface area contributed by atoms with Crippen molar-refractivity contribution in [3.8, 4) is 17.6 Å².